The molecule has 138 valence electrons. The van der Waals surface area contributed by atoms with Crippen LogP contribution in [0.25, 0.3) is 0 Å². The topological polar surface area (TPSA) is 111 Å². The van der Waals surface area contributed by atoms with Crippen LogP contribution in [0.4, 0.5) is 0 Å². The molecule has 0 aromatic heterocycles. The van der Waals surface area contributed by atoms with Gasteiger partial charge in [0.05, 0.1) is 14.2 Å². The number of rotatable bonds is 6. The minimum atomic E-state index is -1.16. The molecule has 0 fully saturated rings. The lowest BCUT2D eigenvalue weighted by Crippen LogP contribution is -2.59. The van der Waals surface area contributed by atoms with Crippen LogP contribution in [0.3, 0.4) is 0 Å². The number of thiol groups is 2. The molecule has 0 radical (unpaired) electrons. The van der Waals surface area contributed by atoms with E-state index in [0.717, 1.165) is 14.2 Å². The maximum atomic E-state index is 12.1. The normalized spacial score (nSPS) is 14.2. The van der Waals surface area contributed by atoms with Gasteiger partial charge in [-0.05, 0) is 27.7 Å². The number of methoxy groups -OCH3 is 2. The molecule has 0 heterocycles. The SMILES string of the molecule is COC(=O)[C@@H](NC(=O)C(=O)N[C@@H](C(=O)OC)C(C)(C)S)C(C)(C)S. The molecular weight excluding hydrogens is 356 g/mol. The minimum Gasteiger partial charge on any atom is -0.467 e. The fraction of sp³-hybridized carbons (Fsp3) is 0.714. The number of amides is 2. The molecular formula is C14H24N2O6S2. The molecule has 24 heavy (non-hydrogen) atoms. The van der Waals surface area contributed by atoms with Gasteiger partial charge in [0, 0.05) is 9.49 Å². The van der Waals surface area contributed by atoms with Crippen LogP contribution in [0.15, 0.2) is 0 Å². The first-order valence-electron chi connectivity index (χ1n) is 6.97. The fourth-order valence-electron chi connectivity index (χ4n) is 1.68. The Balaban J connectivity index is 5.19. The molecule has 8 nitrogen and oxygen atoms in total. The van der Waals surface area contributed by atoms with Gasteiger partial charge < -0.3 is 20.1 Å². The summed E-state index contributed by atoms with van der Waals surface area (Å²) in [6.07, 6.45) is 0. The van der Waals surface area contributed by atoms with Crippen molar-refractivity contribution in [2.75, 3.05) is 14.2 Å². The lowest BCUT2D eigenvalue weighted by Gasteiger charge is -2.30. The summed E-state index contributed by atoms with van der Waals surface area (Å²) in [5.41, 5.74) is 0. The Hall–Kier alpha value is -1.42. The zero-order valence-electron chi connectivity index (χ0n) is 14.5. The number of ether oxygens (including phenoxy) is 2. The van der Waals surface area contributed by atoms with Gasteiger partial charge in [0.2, 0.25) is 0 Å². The molecule has 0 aromatic carbocycles. The number of nitrogens with one attached hydrogen (secondary N) is 2. The van der Waals surface area contributed by atoms with Crippen molar-refractivity contribution in [1.82, 2.24) is 10.6 Å². The van der Waals surface area contributed by atoms with E-state index in [2.05, 4.69) is 45.4 Å². The van der Waals surface area contributed by atoms with E-state index in [1.807, 2.05) is 0 Å². The molecule has 0 rings (SSSR count). The van der Waals surface area contributed by atoms with Crippen LogP contribution in [-0.2, 0) is 28.7 Å². The Bertz CT molecular complexity index is 464. The molecule has 0 unspecified atom stereocenters. The second kappa shape index (κ2) is 8.61. The largest absolute Gasteiger partial charge is 0.467 e. The third kappa shape index (κ3) is 6.60. The first kappa shape index (κ1) is 22.6. The standard InChI is InChI=1S/C14H24N2O6S2/c1-13(2,23)7(11(19)21-5)15-9(17)10(18)16-8(12(20)22-6)14(3,4)24/h7-8,23-24H,1-6H3,(H,15,17)(H,16,18)/t7-,8+. The van der Waals surface area contributed by atoms with Gasteiger partial charge in [-0.3, -0.25) is 9.59 Å². The van der Waals surface area contributed by atoms with Crippen LogP contribution >= 0.6 is 25.3 Å². The number of hydrogen-bond donors (Lipinski definition) is 4. The predicted molar refractivity (Wildman–Crippen MR) is 94.0 cm³/mol. The monoisotopic (exact) mass is 380 g/mol. The Labute approximate surface area is 152 Å². The number of esters is 2. The van der Waals surface area contributed by atoms with Crippen molar-refractivity contribution in [3.63, 3.8) is 0 Å². The zero-order chi connectivity index (χ0) is 19.3. The first-order valence-corrected chi connectivity index (χ1v) is 7.86. The van der Waals surface area contributed by atoms with Crippen molar-refractivity contribution >= 4 is 49.0 Å². The molecule has 2 amide bonds. The summed E-state index contributed by atoms with van der Waals surface area (Å²) < 4.78 is 7.22. The Morgan fingerprint density at radius 2 is 1.00 bits per heavy atom. The summed E-state index contributed by atoms with van der Waals surface area (Å²) in [6.45, 7) is 6.29. The van der Waals surface area contributed by atoms with Gasteiger partial charge in [0.15, 0.2) is 0 Å². The number of carbonyl (C=O) groups excluding carboxylic acids is 4. The number of carbonyl (C=O) groups is 4. The highest BCUT2D eigenvalue weighted by molar-refractivity contribution is 7.82. The van der Waals surface area contributed by atoms with Crippen LogP contribution in [0.5, 0.6) is 0 Å². The Morgan fingerprint density at radius 1 is 0.750 bits per heavy atom. The summed E-state index contributed by atoms with van der Waals surface area (Å²) in [4.78, 5) is 47.6. The second-order valence-electron chi connectivity index (χ2n) is 6.17. The van der Waals surface area contributed by atoms with Crippen LogP contribution in [-0.4, -0.2) is 59.6 Å². The molecule has 0 aliphatic rings. The second-order valence-corrected chi connectivity index (χ2v) is 8.47. The zero-order valence-corrected chi connectivity index (χ0v) is 16.3. The van der Waals surface area contributed by atoms with E-state index in [9.17, 15) is 19.2 Å². The van der Waals surface area contributed by atoms with Gasteiger partial charge in [0.1, 0.15) is 12.1 Å². The Morgan fingerprint density at radius 3 is 1.17 bits per heavy atom. The summed E-state index contributed by atoms with van der Waals surface area (Å²) >= 11 is 8.43. The maximum absolute atomic E-state index is 12.1. The van der Waals surface area contributed by atoms with E-state index in [1.54, 1.807) is 27.7 Å². The van der Waals surface area contributed by atoms with E-state index in [1.165, 1.54) is 0 Å². The summed E-state index contributed by atoms with van der Waals surface area (Å²) in [5, 5.41) is 4.48. The molecule has 0 aliphatic heterocycles. The molecule has 2 atom stereocenters. The molecule has 2 N–H and O–H groups in total. The van der Waals surface area contributed by atoms with Crippen LogP contribution in [0, 0.1) is 0 Å². The van der Waals surface area contributed by atoms with E-state index in [4.69, 9.17) is 0 Å². The predicted octanol–water partition coefficient (Wildman–Crippen LogP) is -0.281. The van der Waals surface area contributed by atoms with Gasteiger partial charge in [-0.15, -0.1) is 0 Å². The van der Waals surface area contributed by atoms with Gasteiger partial charge in [-0.1, -0.05) is 0 Å². The van der Waals surface area contributed by atoms with Crippen LogP contribution in [0.1, 0.15) is 27.7 Å². The van der Waals surface area contributed by atoms with Gasteiger partial charge in [-0.2, -0.15) is 25.3 Å². The summed E-state index contributed by atoms with van der Waals surface area (Å²) in [6, 6.07) is -2.32. The lowest BCUT2D eigenvalue weighted by molar-refractivity contribution is -0.150. The third-order valence-electron chi connectivity index (χ3n) is 3.04. The van der Waals surface area contributed by atoms with E-state index < -0.39 is 45.3 Å². The van der Waals surface area contributed by atoms with Crippen LogP contribution in [0.2, 0.25) is 0 Å². The van der Waals surface area contributed by atoms with Crippen molar-refractivity contribution in [3.05, 3.63) is 0 Å². The highest BCUT2D eigenvalue weighted by Crippen LogP contribution is 2.20. The molecule has 0 aliphatic carbocycles. The summed E-state index contributed by atoms with van der Waals surface area (Å²) in [7, 11) is 2.30. The third-order valence-corrected chi connectivity index (χ3v) is 3.56. The van der Waals surface area contributed by atoms with E-state index in [0.29, 0.717) is 0 Å². The fourth-order valence-corrected chi connectivity index (χ4v) is 2.02. The molecule has 10 heteroatoms. The van der Waals surface area contributed by atoms with E-state index in [-0.39, 0.29) is 0 Å². The molecule has 0 spiro atoms. The highest BCUT2D eigenvalue weighted by Gasteiger charge is 2.39. The van der Waals surface area contributed by atoms with Gasteiger partial charge >= 0.3 is 23.8 Å². The first-order chi connectivity index (χ1) is 10.8. The Kier molecular flexibility index (Phi) is 8.10. The molecule has 0 bridgehead atoms. The maximum Gasteiger partial charge on any atom is 0.329 e. The summed E-state index contributed by atoms with van der Waals surface area (Å²) in [5.74, 6) is -3.73. The molecule has 0 aromatic rings. The average molecular weight is 380 g/mol. The molecule has 0 saturated carbocycles. The average Bonchev–Trinajstić information content (AvgIpc) is 2.45. The van der Waals surface area contributed by atoms with Crippen molar-refractivity contribution in [1.29, 1.82) is 0 Å². The quantitative estimate of drug-likeness (QED) is 0.287. The highest BCUT2D eigenvalue weighted by atomic mass is 32.1. The minimum absolute atomic E-state index is 0.754. The van der Waals surface area contributed by atoms with Crippen molar-refractivity contribution in [2.24, 2.45) is 0 Å². The molecule has 0 saturated heterocycles. The van der Waals surface area contributed by atoms with Crippen molar-refractivity contribution < 1.29 is 28.7 Å². The smallest absolute Gasteiger partial charge is 0.329 e. The van der Waals surface area contributed by atoms with Crippen molar-refractivity contribution in [3.8, 4) is 0 Å². The number of hydrogen-bond acceptors (Lipinski definition) is 8. The lowest BCUT2D eigenvalue weighted by atomic mass is 10.0. The van der Waals surface area contributed by atoms with Gasteiger partial charge in [0.25, 0.3) is 0 Å². The van der Waals surface area contributed by atoms with Crippen LogP contribution < -0.4 is 10.6 Å². The van der Waals surface area contributed by atoms with Crippen molar-refractivity contribution in [2.45, 2.75) is 49.3 Å². The van der Waals surface area contributed by atoms with E-state index >= 15 is 0 Å². The van der Waals surface area contributed by atoms with Gasteiger partial charge in [-0.25, -0.2) is 9.59 Å².